The van der Waals surface area contributed by atoms with Gasteiger partial charge in [-0.15, -0.1) is 0 Å². The zero-order chi connectivity index (χ0) is 13.8. The Bertz CT molecular complexity index is 583. The maximum atomic E-state index is 11.3. The Morgan fingerprint density at radius 3 is 1.89 bits per heavy atom. The molecule has 0 saturated heterocycles. The van der Waals surface area contributed by atoms with Crippen molar-refractivity contribution in [2.45, 2.75) is 0 Å². The first-order valence-electron chi connectivity index (χ1n) is 5.58. The molecule has 0 fully saturated rings. The number of carbonyl (C=O) groups is 2. The average Bonchev–Trinajstić information content (AvgIpc) is 2.39. The summed E-state index contributed by atoms with van der Waals surface area (Å²) in [4.78, 5) is 22.4. The van der Waals surface area contributed by atoms with Crippen LogP contribution in [0.1, 0.15) is 20.7 Å². The molecular weight excluding hydrogens is 244 g/mol. The molecular formula is C14H12N2O3. The van der Waals surface area contributed by atoms with E-state index in [1.165, 1.54) is 6.07 Å². The SMILES string of the molecule is NC(=O)c1ccccc1Nc1ccccc1C(=O)O. The van der Waals surface area contributed by atoms with Gasteiger partial charge in [-0.25, -0.2) is 4.79 Å². The molecule has 0 aliphatic carbocycles. The predicted octanol–water partition coefficient (Wildman–Crippen LogP) is 2.23. The first-order valence-corrected chi connectivity index (χ1v) is 5.58. The van der Waals surface area contributed by atoms with Crippen molar-refractivity contribution in [1.29, 1.82) is 0 Å². The highest BCUT2D eigenvalue weighted by Gasteiger charge is 2.12. The van der Waals surface area contributed by atoms with Gasteiger partial charge in [0.25, 0.3) is 5.91 Å². The van der Waals surface area contributed by atoms with Crippen LogP contribution in [0.2, 0.25) is 0 Å². The number of para-hydroxylation sites is 2. The number of nitrogens with one attached hydrogen (secondary N) is 1. The third-order valence-corrected chi connectivity index (χ3v) is 2.62. The Hall–Kier alpha value is -2.82. The highest BCUT2D eigenvalue weighted by Crippen LogP contribution is 2.23. The first-order chi connectivity index (χ1) is 9.09. The Labute approximate surface area is 109 Å². The predicted molar refractivity (Wildman–Crippen MR) is 71.6 cm³/mol. The normalized spacial score (nSPS) is 9.89. The molecule has 0 spiro atoms. The Balaban J connectivity index is 2.42. The van der Waals surface area contributed by atoms with Crippen molar-refractivity contribution in [3.63, 3.8) is 0 Å². The quantitative estimate of drug-likeness (QED) is 0.782. The fourth-order valence-corrected chi connectivity index (χ4v) is 1.73. The van der Waals surface area contributed by atoms with E-state index in [1.807, 2.05) is 0 Å². The monoisotopic (exact) mass is 256 g/mol. The van der Waals surface area contributed by atoms with E-state index in [9.17, 15) is 9.59 Å². The fourth-order valence-electron chi connectivity index (χ4n) is 1.73. The molecule has 0 aromatic heterocycles. The first kappa shape index (κ1) is 12.6. The van der Waals surface area contributed by atoms with Crippen molar-refractivity contribution in [3.8, 4) is 0 Å². The van der Waals surface area contributed by atoms with Crippen LogP contribution in [0, 0.1) is 0 Å². The van der Waals surface area contributed by atoms with E-state index in [2.05, 4.69) is 5.32 Å². The summed E-state index contributed by atoms with van der Waals surface area (Å²) in [6.07, 6.45) is 0. The van der Waals surface area contributed by atoms with Gasteiger partial charge in [0.05, 0.1) is 22.5 Å². The molecule has 1 amide bonds. The van der Waals surface area contributed by atoms with Gasteiger partial charge in [-0.2, -0.15) is 0 Å². The molecule has 5 heteroatoms. The average molecular weight is 256 g/mol. The molecule has 5 nitrogen and oxygen atoms in total. The largest absolute Gasteiger partial charge is 0.478 e. The summed E-state index contributed by atoms with van der Waals surface area (Å²) in [7, 11) is 0. The van der Waals surface area contributed by atoms with E-state index in [-0.39, 0.29) is 5.56 Å². The zero-order valence-corrected chi connectivity index (χ0v) is 9.96. The van der Waals surface area contributed by atoms with Crippen LogP contribution in [0.5, 0.6) is 0 Å². The van der Waals surface area contributed by atoms with E-state index in [1.54, 1.807) is 42.5 Å². The number of anilines is 2. The maximum Gasteiger partial charge on any atom is 0.337 e. The third kappa shape index (κ3) is 2.71. The molecule has 2 aromatic carbocycles. The second-order valence-corrected chi connectivity index (χ2v) is 3.89. The topological polar surface area (TPSA) is 92.4 Å². The standard InChI is InChI=1S/C14H12N2O3/c15-13(17)9-5-1-3-7-11(9)16-12-8-4-2-6-10(12)14(18)19/h1-8,16H,(H2,15,17)(H,18,19). The second-order valence-electron chi connectivity index (χ2n) is 3.89. The number of hydrogen-bond acceptors (Lipinski definition) is 3. The van der Waals surface area contributed by atoms with Gasteiger partial charge in [0, 0.05) is 0 Å². The number of nitrogens with two attached hydrogens (primary N) is 1. The van der Waals surface area contributed by atoms with Gasteiger partial charge in [-0.05, 0) is 24.3 Å². The van der Waals surface area contributed by atoms with E-state index < -0.39 is 11.9 Å². The number of aromatic carboxylic acids is 1. The molecule has 0 saturated carbocycles. The van der Waals surface area contributed by atoms with Gasteiger partial charge in [-0.1, -0.05) is 24.3 Å². The molecule has 2 rings (SSSR count). The lowest BCUT2D eigenvalue weighted by Crippen LogP contribution is -2.13. The van der Waals surface area contributed by atoms with Crippen molar-refractivity contribution in [2.24, 2.45) is 5.73 Å². The number of carbonyl (C=O) groups excluding carboxylic acids is 1. The van der Waals surface area contributed by atoms with Crippen molar-refractivity contribution in [3.05, 3.63) is 59.7 Å². The van der Waals surface area contributed by atoms with Gasteiger partial charge in [0.15, 0.2) is 0 Å². The number of rotatable bonds is 4. The lowest BCUT2D eigenvalue weighted by Gasteiger charge is -2.11. The van der Waals surface area contributed by atoms with Gasteiger partial charge in [-0.3, -0.25) is 4.79 Å². The highest BCUT2D eigenvalue weighted by atomic mass is 16.4. The summed E-state index contributed by atoms with van der Waals surface area (Å²) in [5, 5.41) is 12.0. The summed E-state index contributed by atoms with van der Waals surface area (Å²) in [5.41, 5.74) is 6.59. The number of primary amides is 1. The molecule has 0 unspecified atom stereocenters. The van der Waals surface area contributed by atoms with Crippen molar-refractivity contribution in [1.82, 2.24) is 0 Å². The summed E-state index contributed by atoms with van der Waals surface area (Å²) in [6.45, 7) is 0. The smallest absolute Gasteiger partial charge is 0.337 e. The molecule has 0 atom stereocenters. The number of hydrogen-bond donors (Lipinski definition) is 3. The number of carboxylic acids is 1. The van der Waals surface area contributed by atoms with Crippen LogP contribution >= 0.6 is 0 Å². The molecule has 0 radical (unpaired) electrons. The molecule has 2 aromatic rings. The minimum Gasteiger partial charge on any atom is -0.478 e. The molecule has 96 valence electrons. The van der Waals surface area contributed by atoms with Crippen molar-refractivity contribution in [2.75, 3.05) is 5.32 Å². The number of benzene rings is 2. The molecule has 0 heterocycles. The number of amides is 1. The summed E-state index contributed by atoms with van der Waals surface area (Å²) >= 11 is 0. The second kappa shape index (κ2) is 5.22. The fraction of sp³-hybridized carbons (Fsp3) is 0. The van der Waals surface area contributed by atoms with E-state index in [0.717, 1.165) is 0 Å². The van der Waals surface area contributed by atoms with Crippen LogP contribution < -0.4 is 11.1 Å². The Morgan fingerprint density at radius 2 is 1.37 bits per heavy atom. The van der Waals surface area contributed by atoms with Crippen LogP contribution in [0.25, 0.3) is 0 Å². The van der Waals surface area contributed by atoms with Crippen molar-refractivity contribution < 1.29 is 14.7 Å². The summed E-state index contributed by atoms with van der Waals surface area (Å²) in [6, 6.07) is 13.1. The van der Waals surface area contributed by atoms with Crippen LogP contribution in [0.15, 0.2) is 48.5 Å². The Kier molecular flexibility index (Phi) is 3.47. The van der Waals surface area contributed by atoms with Crippen LogP contribution in [0.3, 0.4) is 0 Å². The molecule has 19 heavy (non-hydrogen) atoms. The molecule has 0 aliphatic rings. The lowest BCUT2D eigenvalue weighted by molar-refractivity contribution is 0.0697. The summed E-state index contributed by atoms with van der Waals surface area (Å²) in [5.74, 6) is -1.62. The van der Waals surface area contributed by atoms with Gasteiger partial charge >= 0.3 is 5.97 Å². The van der Waals surface area contributed by atoms with Crippen molar-refractivity contribution >= 4 is 23.3 Å². The lowest BCUT2D eigenvalue weighted by atomic mass is 10.1. The zero-order valence-electron chi connectivity index (χ0n) is 9.96. The highest BCUT2D eigenvalue weighted by molar-refractivity contribution is 6.01. The maximum absolute atomic E-state index is 11.3. The van der Waals surface area contributed by atoms with Crippen LogP contribution in [-0.4, -0.2) is 17.0 Å². The molecule has 4 N–H and O–H groups in total. The van der Waals surface area contributed by atoms with E-state index in [4.69, 9.17) is 10.8 Å². The molecule has 0 aliphatic heterocycles. The minimum absolute atomic E-state index is 0.127. The van der Waals surface area contributed by atoms with Gasteiger partial charge < -0.3 is 16.2 Å². The molecule has 0 bridgehead atoms. The van der Waals surface area contributed by atoms with Gasteiger partial charge in [0.1, 0.15) is 0 Å². The van der Waals surface area contributed by atoms with Gasteiger partial charge in [0.2, 0.25) is 0 Å². The van der Waals surface area contributed by atoms with Crippen LogP contribution in [-0.2, 0) is 0 Å². The minimum atomic E-state index is -1.04. The third-order valence-electron chi connectivity index (χ3n) is 2.62. The van der Waals surface area contributed by atoms with E-state index in [0.29, 0.717) is 16.9 Å². The Morgan fingerprint density at radius 1 is 0.895 bits per heavy atom. The number of carboxylic acid groups (broad SMARTS) is 1. The van der Waals surface area contributed by atoms with E-state index >= 15 is 0 Å². The van der Waals surface area contributed by atoms with Crippen LogP contribution in [0.4, 0.5) is 11.4 Å². The summed E-state index contributed by atoms with van der Waals surface area (Å²) < 4.78 is 0.